The number of aryl methyl sites for hydroxylation is 1. The fourth-order valence-corrected chi connectivity index (χ4v) is 3.58. The van der Waals surface area contributed by atoms with Gasteiger partial charge in [0.2, 0.25) is 5.76 Å². The number of hydrogen-bond acceptors (Lipinski definition) is 7. The lowest BCUT2D eigenvalue weighted by Crippen LogP contribution is -2.44. The number of benzene rings is 1. The van der Waals surface area contributed by atoms with Gasteiger partial charge in [0.25, 0.3) is 5.91 Å². The molecule has 1 aliphatic heterocycles. The molecule has 33 heavy (non-hydrogen) atoms. The molecular weight excluding hydrogens is 427 g/mol. The van der Waals surface area contributed by atoms with Gasteiger partial charge in [0.05, 0.1) is 12.5 Å². The molecule has 0 unspecified atom stereocenters. The Bertz CT molecular complexity index is 901. The number of carbonyl (C=O) groups excluding carboxylic acids is 2. The molecule has 0 spiro atoms. The number of rotatable bonds is 10. The molecule has 1 saturated carbocycles. The molecule has 1 aliphatic carbocycles. The summed E-state index contributed by atoms with van der Waals surface area (Å²) in [5, 5.41) is 13.9. The Kier molecular flexibility index (Phi) is 8.07. The highest BCUT2D eigenvalue weighted by Gasteiger charge is 2.45. The summed E-state index contributed by atoms with van der Waals surface area (Å²) in [4.78, 5) is 27.0. The summed E-state index contributed by atoms with van der Waals surface area (Å²) < 4.78 is 25.3. The highest BCUT2D eigenvalue weighted by atomic mass is 19.1. The second-order valence-electron chi connectivity index (χ2n) is 9.12. The first-order chi connectivity index (χ1) is 15.7. The van der Waals surface area contributed by atoms with Crippen LogP contribution in [0.25, 0.3) is 0 Å². The van der Waals surface area contributed by atoms with Gasteiger partial charge in [-0.15, -0.1) is 0 Å². The molecule has 3 rings (SSSR count). The quantitative estimate of drug-likeness (QED) is 0.215. The van der Waals surface area contributed by atoms with Gasteiger partial charge in [-0.05, 0) is 43.5 Å². The fourth-order valence-electron chi connectivity index (χ4n) is 3.58. The van der Waals surface area contributed by atoms with E-state index in [-0.39, 0.29) is 36.3 Å². The van der Waals surface area contributed by atoms with Crippen LogP contribution in [0, 0.1) is 29.5 Å². The molecular formula is C24H33FN4O4. The maximum absolute atomic E-state index is 13.8. The van der Waals surface area contributed by atoms with Crippen molar-refractivity contribution >= 4 is 23.8 Å². The molecule has 1 saturated heterocycles. The minimum Gasteiger partial charge on any atom is -0.486 e. The number of halogens is 1. The molecule has 1 aromatic carbocycles. The zero-order valence-corrected chi connectivity index (χ0v) is 19.5. The van der Waals surface area contributed by atoms with Crippen LogP contribution in [0.4, 0.5) is 10.1 Å². The highest BCUT2D eigenvalue weighted by molar-refractivity contribution is 6.05. The molecule has 2 fully saturated rings. The predicted octanol–water partition coefficient (Wildman–Crippen LogP) is 2.83. The molecule has 0 aromatic heterocycles. The summed E-state index contributed by atoms with van der Waals surface area (Å²) in [6.45, 7) is 8.42. The summed E-state index contributed by atoms with van der Waals surface area (Å²) >= 11 is 0. The number of nitrogens with zero attached hydrogens (tertiary/aromatic N) is 1. The molecule has 3 N–H and O–H groups in total. The van der Waals surface area contributed by atoms with Crippen molar-refractivity contribution in [2.24, 2.45) is 11.3 Å². The summed E-state index contributed by atoms with van der Waals surface area (Å²) in [7, 11) is 0. The molecule has 0 bridgehead atoms. The standard InChI is InChI=1S/C24H33FN4O4/c1-16(2)23(31)33-15-24(4-5-24)14-32-21(20(13-26)29-8-6-27-7-9-29)22(30)28-19-11-17(3)10-18(25)12-19/h10-13,16,26-27H,4-9,14-15H2,1-3H3,(H,28,30)/b21-20-,26-13?. The van der Waals surface area contributed by atoms with E-state index in [0.717, 1.165) is 32.1 Å². The average Bonchev–Trinajstić information content (AvgIpc) is 3.54. The summed E-state index contributed by atoms with van der Waals surface area (Å²) in [6, 6.07) is 4.29. The number of esters is 1. The van der Waals surface area contributed by atoms with E-state index in [2.05, 4.69) is 10.6 Å². The van der Waals surface area contributed by atoms with Crippen molar-refractivity contribution in [2.75, 3.05) is 44.7 Å². The first kappa shape index (κ1) is 24.7. The van der Waals surface area contributed by atoms with E-state index in [1.165, 1.54) is 12.1 Å². The lowest BCUT2D eigenvalue weighted by atomic mass is 10.1. The number of ether oxygens (including phenoxy) is 2. The minimum absolute atomic E-state index is 0.00951. The van der Waals surface area contributed by atoms with Gasteiger partial charge in [-0.2, -0.15) is 0 Å². The number of hydrogen-bond donors (Lipinski definition) is 3. The monoisotopic (exact) mass is 460 g/mol. The lowest BCUT2D eigenvalue weighted by Gasteiger charge is -2.31. The molecule has 1 amide bonds. The molecule has 9 heteroatoms. The molecule has 0 atom stereocenters. The van der Waals surface area contributed by atoms with Crippen LogP contribution in [0.15, 0.2) is 29.7 Å². The van der Waals surface area contributed by atoms with Gasteiger partial charge in [0, 0.05) is 43.5 Å². The number of anilines is 1. The first-order valence-corrected chi connectivity index (χ1v) is 11.3. The number of carbonyl (C=O) groups is 2. The zero-order chi connectivity index (χ0) is 24.0. The van der Waals surface area contributed by atoms with E-state index < -0.39 is 11.7 Å². The fraction of sp³-hybridized carbons (Fsp3) is 0.542. The smallest absolute Gasteiger partial charge is 0.308 e. The first-order valence-electron chi connectivity index (χ1n) is 11.3. The van der Waals surface area contributed by atoms with Crippen LogP contribution in [0.2, 0.25) is 0 Å². The van der Waals surface area contributed by atoms with Crippen molar-refractivity contribution in [3.63, 3.8) is 0 Å². The van der Waals surface area contributed by atoms with E-state index in [0.29, 0.717) is 30.0 Å². The predicted molar refractivity (Wildman–Crippen MR) is 123 cm³/mol. The summed E-state index contributed by atoms with van der Waals surface area (Å²) in [5.41, 5.74) is 1.03. The molecule has 1 heterocycles. The third-order valence-corrected chi connectivity index (χ3v) is 5.81. The maximum Gasteiger partial charge on any atom is 0.308 e. The van der Waals surface area contributed by atoms with Gasteiger partial charge in [-0.25, -0.2) is 4.39 Å². The van der Waals surface area contributed by atoms with E-state index in [9.17, 15) is 14.0 Å². The number of amides is 1. The highest BCUT2D eigenvalue weighted by Crippen LogP contribution is 2.46. The van der Waals surface area contributed by atoms with E-state index >= 15 is 0 Å². The third-order valence-electron chi connectivity index (χ3n) is 5.81. The molecule has 0 radical (unpaired) electrons. The maximum atomic E-state index is 13.8. The summed E-state index contributed by atoms with van der Waals surface area (Å²) in [6.07, 6.45) is 2.77. The average molecular weight is 461 g/mol. The van der Waals surface area contributed by atoms with Crippen molar-refractivity contribution in [3.8, 4) is 0 Å². The van der Waals surface area contributed by atoms with Crippen LogP contribution in [0.3, 0.4) is 0 Å². The normalized spacial score (nSPS) is 17.8. The van der Waals surface area contributed by atoms with Gasteiger partial charge in [-0.1, -0.05) is 13.8 Å². The Labute approximate surface area is 194 Å². The van der Waals surface area contributed by atoms with Crippen LogP contribution in [-0.4, -0.2) is 62.4 Å². The third kappa shape index (κ3) is 6.77. The van der Waals surface area contributed by atoms with Crippen LogP contribution >= 0.6 is 0 Å². The van der Waals surface area contributed by atoms with Crippen LogP contribution in [-0.2, 0) is 19.1 Å². The van der Waals surface area contributed by atoms with Crippen molar-refractivity contribution in [1.29, 1.82) is 5.41 Å². The Morgan fingerprint density at radius 3 is 2.45 bits per heavy atom. The Hall–Kier alpha value is -2.94. The second-order valence-corrected chi connectivity index (χ2v) is 9.12. The second kappa shape index (κ2) is 10.8. The van der Waals surface area contributed by atoms with Gasteiger partial charge in [0.15, 0.2) is 0 Å². The van der Waals surface area contributed by atoms with E-state index in [4.69, 9.17) is 14.9 Å². The van der Waals surface area contributed by atoms with Gasteiger partial charge in [-0.3, -0.25) is 9.59 Å². The minimum atomic E-state index is -0.549. The Balaban J connectivity index is 1.79. The topological polar surface area (TPSA) is 104 Å². The molecule has 2 aliphatic rings. The van der Waals surface area contributed by atoms with Gasteiger partial charge >= 0.3 is 5.97 Å². The van der Waals surface area contributed by atoms with E-state index in [1.807, 2.05) is 4.90 Å². The van der Waals surface area contributed by atoms with E-state index in [1.54, 1.807) is 26.8 Å². The van der Waals surface area contributed by atoms with Crippen molar-refractivity contribution in [1.82, 2.24) is 10.2 Å². The number of allylic oxidation sites excluding steroid dienone is 1. The molecule has 1 aromatic rings. The number of piperazine rings is 1. The van der Waals surface area contributed by atoms with Crippen molar-refractivity contribution in [3.05, 3.63) is 41.0 Å². The van der Waals surface area contributed by atoms with Gasteiger partial charge < -0.3 is 30.4 Å². The molecule has 8 nitrogen and oxygen atoms in total. The summed E-state index contributed by atoms with van der Waals surface area (Å²) in [5.74, 6) is -1.47. The Morgan fingerprint density at radius 2 is 1.88 bits per heavy atom. The molecule has 180 valence electrons. The van der Waals surface area contributed by atoms with Crippen LogP contribution in [0.1, 0.15) is 32.3 Å². The van der Waals surface area contributed by atoms with Crippen molar-refractivity contribution < 1.29 is 23.5 Å². The SMILES string of the molecule is Cc1cc(F)cc(NC(=O)/C(OCC2(COC(=O)C(C)C)CC2)=C(\C=N)N2CCNCC2)c1. The van der Waals surface area contributed by atoms with Crippen molar-refractivity contribution in [2.45, 2.75) is 33.6 Å². The van der Waals surface area contributed by atoms with Gasteiger partial charge in [0.1, 0.15) is 18.1 Å². The van der Waals surface area contributed by atoms with Crippen LogP contribution < -0.4 is 10.6 Å². The largest absolute Gasteiger partial charge is 0.486 e. The van der Waals surface area contributed by atoms with Crippen LogP contribution in [0.5, 0.6) is 0 Å². The Morgan fingerprint density at radius 1 is 1.21 bits per heavy atom. The zero-order valence-electron chi connectivity index (χ0n) is 19.5. The number of nitrogens with one attached hydrogen (secondary N) is 3. The lowest BCUT2D eigenvalue weighted by molar-refractivity contribution is -0.150.